The van der Waals surface area contributed by atoms with Crippen LogP contribution in [0.5, 0.6) is 5.75 Å². The number of carbonyl (C=O) groups is 2. The number of benzene rings is 3. The molecular formula is C28H29NO5. The molecule has 4 rings (SSSR count). The molecule has 0 bridgehead atoms. The maximum Gasteiger partial charge on any atom is 0.308 e. The average Bonchev–Trinajstić information content (AvgIpc) is 2.84. The quantitative estimate of drug-likeness (QED) is 0.260. The lowest BCUT2D eigenvalue weighted by Gasteiger charge is -2.35. The third kappa shape index (κ3) is 4.88. The zero-order valence-corrected chi connectivity index (χ0v) is 19.6. The smallest absolute Gasteiger partial charge is 0.308 e. The van der Waals surface area contributed by atoms with Gasteiger partial charge in [0.05, 0.1) is 17.5 Å². The predicted molar refractivity (Wildman–Crippen MR) is 130 cm³/mol. The molecule has 1 aliphatic heterocycles. The van der Waals surface area contributed by atoms with Crippen molar-refractivity contribution < 1.29 is 23.8 Å². The van der Waals surface area contributed by atoms with Gasteiger partial charge in [-0.3, -0.25) is 9.59 Å². The SMILES string of the molecule is CCOC(OCC)c1cccc(C2Nc3cccc(OC(C)=O)c3C(=O)C2c2ccccc2)c1. The molecule has 2 unspecified atom stereocenters. The lowest BCUT2D eigenvalue weighted by atomic mass is 9.78. The van der Waals surface area contributed by atoms with Crippen LogP contribution in [0.4, 0.5) is 5.69 Å². The first-order chi connectivity index (χ1) is 16.5. The average molecular weight is 460 g/mol. The fourth-order valence-corrected chi connectivity index (χ4v) is 4.43. The molecule has 1 N–H and O–H groups in total. The van der Waals surface area contributed by atoms with Crippen molar-refractivity contribution in [3.05, 3.63) is 95.1 Å². The highest BCUT2D eigenvalue weighted by atomic mass is 16.7. The number of hydrogen-bond acceptors (Lipinski definition) is 6. The second kappa shape index (κ2) is 10.6. The second-order valence-corrected chi connectivity index (χ2v) is 8.06. The van der Waals surface area contributed by atoms with Crippen LogP contribution in [0.15, 0.2) is 72.8 Å². The van der Waals surface area contributed by atoms with Gasteiger partial charge in [0.2, 0.25) is 0 Å². The van der Waals surface area contributed by atoms with E-state index in [1.54, 1.807) is 12.1 Å². The number of rotatable bonds is 8. The molecule has 6 heteroatoms. The zero-order valence-electron chi connectivity index (χ0n) is 19.6. The van der Waals surface area contributed by atoms with E-state index in [9.17, 15) is 9.59 Å². The molecule has 3 aromatic rings. The summed E-state index contributed by atoms with van der Waals surface area (Å²) in [6, 6.07) is 22.5. The van der Waals surface area contributed by atoms with Gasteiger partial charge >= 0.3 is 5.97 Å². The van der Waals surface area contributed by atoms with Crippen molar-refractivity contribution in [3.8, 4) is 5.75 Å². The molecule has 1 heterocycles. The van der Waals surface area contributed by atoms with Crippen molar-refractivity contribution in [2.45, 2.75) is 39.0 Å². The minimum Gasteiger partial charge on any atom is -0.426 e. The summed E-state index contributed by atoms with van der Waals surface area (Å²) in [4.78, 5) is 25.6. The second-order valence-electron chi connectivity index (χ2n) is 8.06. The molecule has 0 fully saturated rings. The Kier molecular flexibility index (Phi) is 7.40. The van der Waals surface area contributed by atoms with Crippen LogP contribution < -0.4 is 10.1 Å². The van der Waals surface area contributed by atoms with E-state index in [4.69, 9.17) is 14.2 Å². The van der Waals surface area contributed by atoms with Gasteiger partial charge in [-0.05, 0) is 43.2 Å². The summed E-state index contributed by atoms with van der Waals surface area (Å²) in [5, 5.41) is 3.54. The molecule has 3 aromatic carbocycles. The van der Waals surface area contributed by atoms with Crippen LogP contribution in [0.25, 0.3) is 0 Å². The Labute approximate surface area is 199 Å². The number of nitrogens with one attached hydrogen (secondary N) is 1. The number of carbonyl (C=O) groups excluding carboxylic acids is 2. The van der Waals surface area contributed by atoms with Crippen LogP contribution in [-0.2, 0) is 14.3 Å². The highest BCUT2D eigenvalue weighted by Gasteiger charge is 2.39. The van der Waals surface area contributed by atoms with E-state index in [1.807, 2.05) is 74.5 Å². The molecule has 0 aliphatic carbocycles. The topological polar surface area (TPSA) is 73.9 Å². The van der Waals surface area contributed by atoms with Gasteiger partial charge in [0, 0.05) is 31.4 Å². The summed E-state index contributed by atoms with van der Waals surface area (Å²) in [6.07, 6.45) is -0.479. The molecule has 0 aromatic heterocycles. The molecule has 176 valence electrons. The van der Waals surface area contributed by atoms with E-state index in [0.29, 0.717) is 24.5 Å². The van der Waals surface area contributed by atoms with Crippen molar-refractivity contribution >= 4 is 17.4 Å². The summed E-state index contributed by atoms with van der Waals surface area (Å²) < 4.78 is 17.0. The van der Waals surface area contributed by atoms with Gasteiger partial charge in [-0.1, -0.05) is 54.6 Å². The third-order valence-electron chi connectivity index (χ3n) is 5.79. The minimum absolute atomic E-state index is 0.0987. The van der Waals surface area contributed by atoms with Crippen LogP contribution in [-0.4, -0.2) is 25.0 Å². The van der Waals surface area contributed by atoms with E-state index in [-0.39, 0.29) is 17.6 Å². The van der Waals surface area contributed by atoms with Crippen molar-refractivity contribution in [3.63, 3.8) is 0 Å². The number of Topliss-reactive ketones (excluding diaryl/α,β-unsaturated/α-hetero) is 1. The Morgan fingerprint density at radius 1 is 0.912 bits per heavy atom. The Balaban J connectivity index is 1.81. The van der Waals surface area contributed by atoms with E-state index in [2.05, 4.69) is 5.32 Å². The Morgan fingerprint density at radius 2 is 1.59 bits per heavy atom. The maximum absolute atomic E-state index is 13.9. The van der Waals surface area contributed by atoms with E-state index in [0.717, 1.165) is 16.7 Å². The molecule has 0 saturated heterocycles. The molecule has 0 amide bonds. The first-order valence-electron chi connectivity index (χ1n) is 11.5. The third-order valence-corrected chi connectivity index (χ3v) is 5.79. The lowest BCUT2D eigenvalue weighted by Crippen LogP contribution is -2.32. The number of esters is 1. The number of anilines is 1. The van der Waals surface area contributed by atoms with Gasteiger partial charge in [0.15, 0.2) is 12.1 Å². The molecule has 0 radical (unpaired) electrons. The Hall–Kier alpha value is -3.48. The molecule has 0 spiro atoms. The summed E-state index contributed by atoms with van der Waals surface area (Å²) in [6.45, 7) is 6.23. The molecule has 0 saturated carbocycles. The van der Waals surface area contributed by atoms with E-state index >= 15 is 0 Å². The predicted octanol–water partition coefficient (Wildman–Crippen LogP) is 5.82. The van der Waals surface area contributed by atoms with Crippen LogP contribution >= 0.6 is 0 Å². The number of hydrogen-bond donors (Lipinski definition) is 1. The summed E-state index contributed by atoms with van der Waals surface area (Å²) in [5.74, 6) is -0.815. The summed E-state index contributed by atoms with van der Waals surface area (Å²) >= 11 is 0. The van der Waals surface area contributed by atoms with Gasteiger partial charge < -0.3 is 19.5 Å². The first kappa shape index (κ1) is 23.7. The molecular weight excluding hydrogens is 430 g/mol. The summed E-state index contributed by atoms with van der Waals surface area (Å²) in [7, 11) is 0. The highest BCUT2D eigenvalue weighted by Crippen LogP contribution is 2.45. The van der Waals surface area contributed by atoms with Crippen molar-refractivity contribution in [1.82, 2.24) is 0 Å². The number of ether oxygens (including phenoxy) is 3. The van der Waals surface area contributed by atoms with Crippen LogP contribution in [0.1, 0.15) is 66.1 Å². The van der Waals surface area contributed by atoms with Gasteiger partial charge in [0.1, 0.15) is 5.75 Å². The zero-order chi connectivity index (χ0) is 24.1. The normalized spacial score (nSPS) is 17.2. The van der Waals surface area contributed by atoms with Crippen LogP contribution in [0, 0.1) is 0 Å². The number of ketones is 1. The largest absolute Gasteiger partial charge is 0.426 e. The highest BCUT2D eigenvalue weighted by molar-refractivity contribution is 6.10. The Bertz CT molecular complexity index is 1150. The Morgan fingerprint density at radius 3 is 2.26 bits per heavy atom. The standard InChI is InChI=1S/C28H29NO5/c1-4-32-28(33-5-2)21-14-9-13-20(17-21)26-24(19-11-7-6-8-12-19)27(31)25-22(29-26)15-10-16-23(25)34-18(3)30/h6-17,24,26,28-29H,4-5H2,1-3H3. The monoisotopic (exact) mass is 459 g/mol. The van der Waals surface area contributed by atoms with Crippen molar-refractivity contribution in [2.24, 2.45) is 0 Å². The van der Waals surface area contributed by atoms with Gasteiger partial charge in [-0.2, -0.15) is 0 Å². The molecule has 34 heavy (non-hydrogen) atoms. The fourth-order valence-electron chi connectivity index (χ4n) is 4.43. The molecule has 1 aliphatic rings. The lowest BCUT2D eigenvalue weighted by molar-refractivity contribution is -0.140. The van der Waals surface area contributed by atoms with Gasteiger partial charge in [-0.25, -0.2) is 0 Å². The number of fused-ring (bicyclic) bond motifs is 1. The van der Waals surface area contributed by atoms with Crippen LogP contribution in [0.3, 0.4) is 0 Å². The first-order valence-corrected chi connectivity index (χ1v) is 11.5. The van der Waals surface area contributed by atoms with Gasteiger partial charge in [0.25, 0.3) is 0 Å². The molecule has 6 nitrogen and oxygen atoms in total. The summed E-state index contributed by atoms with van der Waals surface area (Å²) in [5.41, 5.74) is 3.73. The van der Waals surface area contributed by atoms with Crippen molar-refractivity contribution in [2.75, 3.05) is 18.5 Å². The van der Waals surface area contributed by atoms with Crippen molar-refractivity contribution in [1.29, 1.82) is 0 Å². The molecule has 2 atom stereocenters. The fraction of sp³-hybridized carbons (Fsp3) is 0.286. The maximum atomic E-state index is 13.9. The van der Waals surface area contributed by atoms with Crippen LogP contribution in [0.2, 0.25) is 0 Å². The van der Waals surface area contributed by atoms with Gasteiger partial charge in [-0.15, -0.1) is 0 Å². The van der Waals surface area contributed by atoms with E-state index < -0.39 is 18.2 Å². The van der Waals surface area contributed by atoms with E-state index in [1.165, 1.54) is 6.92 Å². The minimum atomic E-state index is -0.515.